The maximum atomic E-state index is 12.5. The summed E-state index contributed by atoms with van der Waals surface area (Å²) in [5.74, 6) is 1.58. The van der Waals surface area contributed by atoms with Crippen LogP contribution in [0.15, 0.2) is 18.2 Å². The Morgan fingerprint density at radius 1 is 1.50 bits per heavy atom. The van der Waals surface area contributed by atoms with Crippen molar-refractivity contribution < 1.29 is 4.79 Å². The van der Waals surface area contributed by atoms with Gasteiger partial charge in [-0.05, 0) is 37.5 Å². The molecule has 2 aromatic rings. The summed E-state index contributed by atoms with van der Waals surface area (Å²) in [6.07, 6.45) is 2.67. The number of nitrogens with one attached hydrogen (secondary N) is 1. The van der Waals surface area contributed by atoms with Crippen LogP contribution in [0.3, 0.4) is 0 Å². The summed E-state index contributed by atoms with van der Waals surface area (Å²) in [5.41, 5.74) is 7.92. The molecule has 116 valence electrons. The van der Waals surface area contributed by atoms with Crippen molar-refractivity contribution in [3.05, 3.63) is 41.0 Å². The first kappa shape index (κ1) is 14.6. The van der Waals surface area contributed by atoms with Crippen LogP contribution in [0.1, 0.15) is 53.4 Å². The maximum absolute atomic E-state index is 12.5. The number of aromatic nitrogens is 3. The lowest BCUT2D eigenvalue weighted by Crippen LogP contribution is -2.33. The average Bonchev–Trinajstić information content (AvgIpc) is 2.94. The van der Waals surface area contributed by atoms with Gasteiger partial charge in [-0.2, -0.15) is 5.10 Å². The zero-order chi connectivity index (χ0) is 15.7. The minimum Gasteiger partial charge on any atom is -0.399 e. The SMILES string of the molecule is CCc1nc2n(n1)CCCC2NC(=O)c1cc(N)ccc1C. The van der Waals surface area contributed by atoms with Crippen LogP contribution in [-0.4, -0.2) is 20.7 Å². The van der Waals surface area contributed by atoms with E-state index in [2.05, 4.69) is 15.4 Å². The highest BCUT2D eigenvalue weighted by atomic mass is 16.1. The lowest BCUT2D eigenvalue weighted by atomic mass is 10.0. The topological polar surface area (TPSA) is 85.8 Å². The first-order chi connectivity index (χ1) is 10.6. The number of fused-ring (bicyclic) bond motifs is 1. The van der Waals surface area contributed by atoms with Crippen LogP contribution in [0, 0.1) is 6.92 Å². The van der Waals surface area contributed by atoms with Gasteiger partial charge in [-0.15, -0.1) is 0 Å². The second-order valence-corrected chi connectivity index (χ2v) is 5.71. The molecule has 6 heteroatoms. The van der Waals surface area contributed by atoms with Gasteiger partial charge in [0.25, 0.3) is 5.91 Å². The van der Waals surface area contributed by atoms with E-state index in [4.69, 9.17) is 5.73 Å². The summed E-state index contributed by atoms with van der Waals surface area (Å²) in [5, 5.41) is 7.54. The number of benzene rings is 1. The molecule has 0 aliphatic carbocycles. The molecule has 0 saturated heterocycles. The van der Waals surface area contributed by atoms with Gasteiger partial charge in [0.05, 0.1) is 6.04 Å². The van der Waals surface area contributed by atoms with Crippen molar-refractivity contribution in [3.8, 4) is 0 Å². The summed E-state index contributed by atoms with van der Waals surface area (Å²) in [6, 6.07) is 5.30. The number of carbonyl (C=O) groups is 1. The zero-order valence-electron chi connectivity index (χ0n) is 13.0. The molecule has 1 amide bonds. The molecule has 22 heavy (non-hydrogen) atoms. The third-order valence-electron chi connectivity index (χ3n) is 4.05. The van der Waals surface area contributed by atoms with Crippen molar-refractivity contribution in [2.45, 2.75) is 45.7 Å². The van der Waals surface area contributed by atoms with E-state index in [0.717, 1.165) is 43.0 Å². The number of rotatable bonds is 3. The van der Waals surface area contributed by atoms with E-state index in [1.165, 1.54) is 0 Å². The fraction of sp³-hybridized carbons (Fsp3) is 0.438. The Morgan fingerprint density at radius 3 is 3.09 bits per heavy atom. The molecule has 0 bridgehead atoms. The molecule has 3 rings (SSSR count). The highest BCUT2D eigenvalue weighted by Crippen LogP contribution is 2.24. The highest BCUT2D eigenvalue weighted by Gasteiger charge is 2.26. The third kappa shape index (κ3) is 2.68. The van der Waals surface area contributed by atoms with Gasteiger partial charge in [0.2, 0.25) is 0 Å². The Bertz CT molecular complexity index is 707. The van der Waals surface area contributed by atoms with Crippen LogP contribution in [0.2, 0.25) is 0 Å². The summed E-state index contributed by atoms with van der Waals surface area (Å²) in [6.45, 7) is 4.81. The van der Waals surface area contributed by atoms with Crippen molar-refractivity contribution in [1.29, 1.82) is 0 Å². The summed E-state index contributed by atoms with van der Waals surface area (Å²) < 4.78 is 1.92. The Morgan fingerprint density at radius 2 is 2.32 bits per heavy atom. The summed E-state index contributed by atoms with van der Waals surface area (Å²) >= 11 is 0. The number of nitrogens with two attached hydrogens (primary N) is 1. The number of nitrogen functional groups attached to an aromatic ring is 1. The molecular weight excluding hydrogens is 278 g/mol. The van der Waals surface area contributed by atoms with Crippen LogP contribution in [-0.2, 0) is 13.0 Å². The molecule has 1 unspecified atom stereocenters. The zero-order valence-corrected chi connectivity index (χ0v) is 13.0. The predicted molar refractivity (Wildman–Crippen MR) is 84.4 cm³/mol. The quantitative estimate of drug-likeness (QED) is 0.849. The Balaban J connectivity index is 1.83. The van der Waals surface area contributed by atoms with E-state index in [0.29, 0.717) is 11.3 Å². The minimum atomic E-state index is -0.107. The van der Waals surface area contributed by atoms with Crippen molar-refractivity contribution in [3.63, 3.8) is 0 Å². The average molecular weight is 299 g/mol. The number of hydrogen-bond donors (Lipinski definition) is 2. The molecule has 3 N–H and O–H groups in total. The Labute approximate surface area is 129 Å². The predicted octanol–water partition coefficient (Wildman–Crippen LogP) is 2.00. The third-order valence-corrected chi connectivity index (χ3v) is 4.05. The number of nitrogens with zero attached hydrogens (tertiary/aromatic N) is 3. The lowest BCUT2D eigenvalue weighted by Gasteiger charge is -2.23. The van der Waals surface area contributed by atoms with Gasteiger partial charge in [-0.3, -0.25) is 4.79 Å². The van der Waals surface area contributed by atoms with Gasteiger partial charge in [0, 0.05) is 24.2 Å². The molecule has 1 aliphatic rings. The molecule has 0 radical (unpaired) electrons. The fourth-order valence-electron chi connectivity index (χ4n) is 2.81. The fourth-order valence-corrected chi connectivity index (χ4v) is 2.81. The second kappa shape index (κ2) is 5.79. The van der Waals surface area contributed by atoms with Crippen molar-refractivity contribution in [2.75, 3.05) is 5.73 Å². The smallest absolute Gasteiger partial charge is 0.252 e. The number of amides is 1. The molecule has 1 aliphatic heterocycles. The Kier molecular flexibility index (Phi) is 3.83. The number of carbonyl (C=O) groups excluding carboxylic acids is 1. The first-order valence-corrected chi connectivity index (χ1v) is 7.69. The molecule has 0 saturated carbocycles. The molecule has 6 nitrogen and oxygen atoms in total. The molecule has 1 atom stereocenters. The number of aryl methyl sites for hydroxylation is 3. The molecule has 1 aromatic heterocycles. The molecule has 2 heterocycles. The minimum absolute atomic E-state index is 0.0881. The van der Waals surface area contributed by atoms with Crippen LogP contribution < -0.4 is 11.1 Å². The van der Waals surface area contributed by atoms with Gasteiger partial charge in [-0.1, -0.05) is 13.0 Å². The van der Waals surface area contributed by atoms with Gasteiger partial charge in [-0.25, -0.2) is 9.67 Å². The van der Waals surface area contributed by atoms with E-state index >= 15 is 0 Å². The normalized spacial score (nSPS) is 17.1. The van der Waals surface area contributed by atoms with Crippen molar-refractivity contribution in [2.24, 2.45) is 0 Å². The van der Waals surface area contributed by atoms with Gasteiger partial charge >= 0.3 is 0 Å². The van der Waals surface area contributed by atoms with E-state index in [9.17, 15) is 4.79 Å². The largest absolute Gasteiger partial charge is 0.399 e. The van der Waals surface area contributed by atoms with E-state index in [1.54, 1.807) is 12.1 Å². The second-order valence-electron chi connectivity index (χ2n) is 5.71. The molecule has 0 fully saturated rings. The molecule has 0 spiro atoms. The first-order valence-electron chi connectivity index (χ1n) is 7.69. The van der Waals surface area contributed by atoms with Gasteiger partial charge in [0.15, 0.2) is 5.82 Å². The highest BCUT2D eigenvalue weighted by molar-refractivity contribution is 5.96. The van der Waals surface area contributed by atoms with Crippen LogP contribution >= 0.6 is 0 Å². The van der Waals surface area contributed by atoms with Crippen LogP contribution in [0.25, 0.3) is 0 Å². The van der Waals surface area contributed by atoms with E-state index in [-0.39, 0.29) is 11.9 Å². The van der Waals surface area contributed by atoms with Gasteiger partial charge < -0.3 is 11.1 Å². The summed E-state index contributed by atoms with van der Waals surface area (Å²) in [4.78, 5) is 17.1. The monoisotopic (exact) mass is 299 g/mol. The van der Waals surface area contributed by atoms with E-state index in [1.807, 2.05) is 24.6 Å². The van der Waals surface area contributed by atoms with Crippen molar-refractivity contribution in [1.82, 2.24) is 20.1 Å². The van der Waals surface area contributed by atoms with Gasteiger partial charge in [0.1, 0.15) is 5.82 Å². The number of anilines is 1. The number of hydrogen-bond acceptors (Lipinski definition) is 4. The van der Waals surface area contributed by atoms with Crippen LogP contribution in [0.5, 0.6) is 0 Å². The van der Waals surface area contributed by atoms with Crippen LogP contribution in [0.4, 0.5) is 5.69 Å². The lowest BCUT2D eigenvalue weighted by molar-refractivity contribution is 0.0926. The Hall–Kier alpha value is -2.37. The maximum Gasteiger partial charge on any atom is 0.252 e. The summed E-state index contributed by atoms with van der Waals surface area (Å²) in [7, 11) is 0. The standard InChI is InChI=1S/C16H21N5O/c1-3-14-19-15-13(5-4-8-21(15)20-14)18-16(22)12-9-11(17)7-6-10(12)2/h6-7,9,13H,3-5,8,17H2,1-2H3,(H,18,22). The van der Waals surface area contributed by atoms with E-state index < -0.39 is 0 Å². The molecule has 1 aromatic carbocycles. The molecular formula is C16H21N5O. The van der Waals surface area contributed by atoms with Crippen molar-refractivity contribution >= 4 is 11.6 Å².